The van der Waals surface area contributed by atoms with E-state index in [0.29, 0.717) is 128 Å². The number of rotatable bonds is 24. The van der Waals surface area contributed by atoms with Gasteiger partial charge in [-0.05, 0) is 31.7 Å². The van der Waals surface area contributed by atoms with Gasteiger partial charge in [0.05, 0.1) is 44.4 Å². The van der Waals surface area contributed by atoms with Gasteiger partial charge in [-0.3, -0.25) is 9.59 Å². The van der Waals surface area contributed by atoms with Crippen molar-refractivity contribution in [2.24, 2.45) is 11.7 Å². The number of nitrogens with zero attached hydrogens (tertiary/aromatic N) is 13. The van der Waals surface area contributed by atoms with Crippen LogP contribution in [0.1, 0.15) is 44.1 Å². The maximum absolute atomic E-state index is 13.8. The average Bonchev–Trinajstić information content (AvgIpc) is 3.89. The second-order valence-corrected chi connectivity index (χ2v) is 14.4. The standard InChI is InChI=1S/C37H59N15O6/c1-4-20-56-22-24-58-25-23-57-21-10-39-35-40-36(49-15-11-47(12-16-49)32(54)28-51-26-30(43-45-51)7-5-6-9-38)42-37(41-35)50-17-13-48(14-18-50)34(55)33(29(2)3)52-27-31(8-19-53)44-46-52/h1,26-27,29,33,53H,5-25,28,38H2,2-3H3,(H,39,40,41,42)/t33-/m1/s1. The number of hydrogen-bond donors (Lipinski definition) is 3. The number of aliphatic hydroxyl groups excluding tert-OH is 1. The van der Waals surface area contributed by atoms with Crippen molar-refractivity contribution < 1.29 is 28.9 Å². The number of aryl methyl sites for hydroxylation is 1. The molecule has 5 rings (SSSR count). The van der Waals surface area contributed by atoms with E-state index in [4.69, 9.17) is 41.3 Å². The first-order valence-corrected chi connectivity index (χ1v) is 20.1. The molecule has 5 heterocycles. The first kappa shape index (κ1) is 44.1. The van der Waals surface area contributed by atoms with Crippen LogP contribution in [0.15, 0.2) is 12.4 Å². The molecule has 0 unspecified atom stereocenters. The number of terminal acetylenes is 1. The van der Waals surface area contributed by atoms with E-state index in [0.717, 1.165) is 25.0 Å². The van der Waals surface area contributed by atoms with Crippen LogP contribution in [0.5, 0.6) is 0 Å². The van der Waals surface area contributed by atoms with E-state index in [1.807, 2.05) is 29.8 Å². The zero-order valence-electron chi connectivity index (χ0n) is 33.8. The van der Waals surface area contributed by atoms with Crippen LogP contribution in [-0.2, 0) is 43.2 Å². The van der Waals surface area contributed by atoms with Crippen LogP contribution in [0.4, 0.5) is 17.8 Å². The van der Waals surface area contributed by atoms with Crippen molar-refractivity contribution >= 4 is 29.7 Å². The van der Waals surface area contributed by atoms with E-state index in [1.54, 1.807) is 15.6 Å². The third-order valence-corrected chi connectivity index (χ3v) is 9.73. The summed E-state index contributed by atoms with van der Waals surface area (Å²) < 4.78 is 19.6. The Morgan fingerprint density at radius 2 is 1.45 bits per heavy atom. The number of nitrogens with two attached hydrogens (primary N) is 1. The van der Waals surface area contributed by atoms with Gasteiger partial charge < -0.3 is 50.0 Å². The molecule has 21 nitrogen and oxygen atoms in total. The van der Waals surface area contributed by atoms with E-state index in [1.165, 1.54) is 0 Å². The molecule has 0 aliphatic carbocycles. The zero-order chi connectivity index (χ0) is 41.1. The fourth-order valence-electron chi connectivity index (χ4n) is 6.59. The highest BCUT2D eigenvalue weighted by molar-refractivity contribution is 5.81. The lowest BCUT2D eigenvalue weighted by Crippen LogP contribution is -2.52. The van der Waals surface area contributed by atoms with Crippen LogP contribution >= 0.6 is 0 Å². The molecular weight excluding hydrogens is 751 g/mol. The quantitative estimate of drug-likeness (QED) is 0.0717. The Hall–Kier alpha value is -5.01. The number of carbonyl (C=O) groups is 2. The van der Waals surface area contributed by atoms with Crippen molar-refractivity contribution in [3.8, 4) is 12.3 Å². The van der Waals surface area contributed by atoms with Crippen molar-refractivity contribution in [1.82, 2.24) is 54.7 Å². The molecule has 2 aliphatic heterocycles. The molecule has 3 aromatic heterocycles. The maximum atomic E-state index is 13.8. The molecule has 2 amide bonds. The smallest absolute Gasteiger partial charge is 0.247 e. The lowest BCUT2D eigenvalue weighted by molar-refractivity contribution is -0.137. The second-order valence-electron chi connectivity index (χ2n) is 14.4. The van der Waals surface area contributed by atoms with Gasteiger partial charge in [0.2, 0.25) is 29.7 Å². The molecule has 0 bridgehead atoms. The largest absolute Gasteiger partial charge is 0.396 e. The molecule has 21 heteroatoms. The monoisotopic (exact) mass is 809 g/mol. The summed E-state index contributed by atoms with van der Waals surface area (Å²) in [6.45, 7) is 11.6. The van der Waals surface area contributed by atoms with Gasteiger partial charge in [-0.15, -0.1) is 16.6 Å². The number of nitrogens with one attached hydrogen (secondary N) is 1. The first-order chi connectivity index (χ1) is 28.3. The maximum Gasteiger partial charge on any atom is 0.247 e. The lowest BCUT2D eigenvalue weighted by Gasteiger charge is -2.38. The van der Waals surface area contributed by atoms with E-state index in [9.17, 15) is 14.7 Å². The average molecular weight is 810 g/mol. The normalized spacial score (nSPS) is 15.2. The third-order valence-electron chi connectivity index (χ3n) is 9.73. The minimum absolute atomic E-state index is 0.0213. The van der Waals surface area contributed by atoms with Gasteiger partial charge in [-0.1, -0.05) is 30.2 Å². The topological polar surface area (TPSA) is 233 Å². The van der Waals surface area contributed by atoms with Crippen LogP contribution in [0.25, 0.3) is 0 Å². The molecule has 2 aliphatic rings. The van der Waals surface area contributed by atoms with Crippen LogP contribution < -0.4 is 20.9 Å². The Balaban J connectivity index is 1.18. The molecule has 0 aromatic carbocycles. The number of ether oxygens (including phenoxy) is 3. The number of hydrogen-bond acceptors (Lipinski definition) is 17. The molecular formula is C37H59N15O6. The Bertz CT molecular complexity index is 1730. The minimum Gasteiger partial charge on any atom is -0.396 e. The molecule has 0 spiro atoms. The van der Waals surface area contributed by atoms with Gasteiger partial charge in [0.1, 0.15) is 19.2 Å². The molecule has 0 saturated carbocycles. The van der Waals surface area contributed by atoms with E-state index in [-0.39, 0.29) is 37.5 Å². The van der Waals surface area contributed by atoms with Crippen LogP contribution in [0, 0.1) is 18.3 Å². The van der Waals surface area contributed by atoms with E-state index >= 15 is 0 Å². The molecule has 2 fully saturated rings. The van der Waals surface area contributed by atoms with Gasteiger partial charge in [0, 0.05) is 84.3 Å². The fraction of sp³-hybridized carbons (Fsp3) is 0.703. The van der Waals surface area contributed by atoms with Gasteiger partial charge in [0.15, 0.2) is 0 Å². The molecule has 318 valence electrons. The molecule has 58 heavy (non-hydrogen) atoms. The van der Waals surface area contributed by atoms with Crippen LogP contribution in [0.3, 0.4) is 0 Å². The highest BCUT2D eigenvalue weighted by Crippen LogP contribution is 2.24. The SMILES string of the molecule is C#CCOCCOCCOCCNc1nc(N2CCN(C(=O)Cn3cc(CCCCN)nn3)CC2)nc(N2CCN(C(=O)[C@@H](C(C)C)n3cc(CCO)nn3)CC2)n1. The summed E-state index contributed by atoms with van der Waals surface area (Å²) in [5, 5.41) is 29.3. The lowest BCUT2D eigenvalue weighted by atomic mass is 10.0. The Morgan fingerprint density at radius 3 is 2.09 bits per heavy atom. The van der Waals surface area contributed by atoms with Crippen molar-refractivity contribution in [2.45, 2.75) is 52.1 Å². The van der Waals surface area contributed by atoms with Crippen molar-refractivity contribution in [3.05, 3.63) is 23.8 Å². The fourth-order valence-corrected chi connectivity index (χ4v) is 6.59. The summed E-state index contributed by atoms with van der Waals surface area (Å²) >= 11 is 0. The summed E-state index contributed by atoms with van der Waals surface area (Å²) in [6.07, 6.45) is 11.8. The Morgan fingerprint density at radius 1 is 0.828 bits per heavy atom. The number of aliphatic hydroxyl groups is 1. The summed E-state index contributed by atoms with van der Waals surface area (Å²) in [4.78, 5) is 49.3. The molecule has 4 N–H and O–H groups in total. The molecule has 3 aromatic rings. The number of piperazine rings is 2. The van der Waals surface area contributed by atoms with Crippen molar-refractivity contribution in [2.75, 3.05) is 127 Å². The van der Waals surface area contributed by atoms with Crippen molar-refractivity contribution in [3.63, 3.8) is 0 Å². The third kappa shape index (κ3) is 13.3. The molecule has 2 saturated heterocycles. The van der Waals surface area contributed by atoms with E-state index in [2.05, 4.69) is 41.7 Å². The Labute approximate surface area is 339 Å². The van der Waals surface area contributed by atoms with Gasteiger partial charge in [-0.2, -0.15) is 15.0 Å². The number of carbonyl (C=O) groups excluding carboxylic acids is 2. The van der Waals surface area contributed by atoms with Gasteiger partial charge in [0.25, 0.3) is 0 Å². The summed E-state index contributed by atoms with van der Waals surface area (Å²) in [7, 11) is 0. The van der Waals surface area contributed by atoms with Crippen LogP contribution in [-0.4, -0.2) is 183 Å². The summed E-state index contributed by atoms with van der Waals surface area (Å²) in [5.74, 6) is 3.74. The predicted molar refractivity (Wildman–Crippen MR) is 214 cm³/mol. The summed E-state index contributed by atoms with van der Waals surface area (Å²) in [5.41, 5.74) is 7.10. The predicted octanol–water partition coefficient (Wildman–Crippen LogP) is -1.14. The first-order valence-electron chi connectivity index (χ1n) is 20.1. The van der Waals surface area contributed by atoms with Gasteiger partial charge in [-0.25, -0.2) is 9.36 Å². The highest BCUT2D eigenvalue weighted by Gasteiger charge is 2.33. The number of aromatic nitrogens is 9. The minimum atomic E-state index is -0.515. The second kappa shape index (κ2) is 23.4. The highest BCUT2D eigenvalue weighted by atomic mass is 16.5. The molecule has 0 radical (unpaired) electrons. The zero-order valence-corrected chi connectivity index (χ0v) is 33.8. The van der Waals surface area contributed by atoms with Crippen molar-refractivity contribution in [1.29, 1.82) is 0 Å². The number of unbranched alkanes of at least 4 members (excludes halogenated alkanes) is 1. The van der Waals surface area contributed by atoms with Gasteiger partial charge >= 0.3 is 0 Å². The summed E-state index contributed by atoms with van der Waals surface area (Å²) in [6, 6.07) is -0.515. The van der Waals surface area contributed by atoms with E-state index < -0.39 is 6.04 Å². The number of anilines is 3. The molecule has 1 atom stereocenters. The Kier molecular flexibility index (Phi) is 17.8. The number of amides is 2. The van der Waals surface area contributed by atoms with Crippen LogP contribution in [0.2, 0.25) is 0 Å².